The van der Waals surface area contributed by atoms with Crippen LogP contribution in [-0.4, -0.2) is 280 Å². The van der Waals surface area contributed by atoms with Crippen LogP contribution in [0, 0.1) is 11.8 Å². The molecule has 10 N–H and O–H groups in total. The molecule has 0 spiro atoms. The molecule has 0 saturated heterocycles. The van der Waals surface area contributed by atoms with Crippen molar-refractivity contribution in [2.75, 3.05) is 159 Å². The summed E-state index contributed by atoms with van der Waals surface area (Å²) in [5.74, 6) is -1.48. The van der Waals surface area contributed by atoms with Gasteiger partial charge in [0, 0.05) is 194 Å². The minimum absolute atomic E-state index is 0.0111. The molecule has 1 aliphatic heterocycles. The number of aliphatic hydroxyl groups excluding tert-OH is 4. The average molecular weight is 1500 g/mol. The summed E-state index contributed by atoms with van der Waals surface area (Å²) in [4.78, 5) is 83.9. The van der Waals surface area contributed by atoms with E-state index in [0.717, 1.165) is 39.0 Å². The minimum atomic E-state index is -0.858. The Labute approximate surface area is 620 Å². The van der Waals surface area contributed by atoms with Gasteiger partial charge < -0.3 is 117 Å². The Balaban J connectivity index is 0.000000258. The van der Waals surface area contributed by atoms with Crippen LogP contribution in [-0.2, 0) is 44.8 Å². The van der Waals surface area contributed by atoms with Gasteiger partial charge in [-0.05, 0) is 84.2 Å². The Bertz CT molecular complexity index is 4060. The molecule has 3 unspecified atom stereocenters. The predicted molar refractivity (Wildman–Crippen MR) is 398 cm³/mol. The van der Waals surface area contributed by atoms with Gasteiger partial charge in [-0.1, -0.05) is 18.2 Å². The van der Waals surface area contributed by atoms with Crippen molar-refractivity contribution < 1.29 is 84.4 Å². The van der Waals surface area contributed by atoms with Crippen molar-refractivity contribution in [3.05, 3.63) is 173 Å². The first-order valence-electron chi connectivity index (χ1n) is 35.1. The van der Waals surface area contributed by atoms with Crippen LogP contribution >= 0.6 is 0 Å². The number of aromatic hydroxyl groups is 5. The number of hydrogen-bond donors (Lipinski definition) is 10. The zero-order valence-electron chi connectivity index (χ0n) is 62.4. The number of rotatable bonds is 39. The minimum Gasteiger partial charge on any atom is -0.508 e. The van der Waals surface area contributed by atoms with E-state index in [2.05, 4.69) is 23.9 Å². The third-order valence-electron chi connectivity index (χ3n) is 18.0. The molecule has 1 amide bonds. The molecule has 0 fully saturated rings. The van der Waals surface area contributed by atoms with Gasteiger partial charge >= 0.3 is 0 Å². The molecule has 5 aromatic heterocycles. The first kappa shape index (κ1) is 85.7. The maximum atomic E-state index is 12.0. The van der Waals surface area contributed by atoms with Gasteiger partial charge in [0.25, 0.3) is 33.7 Å². The van der Waals surface area contributed by atoms with Crippen LogP contribution in [0.3, 0.4) is 0 Å². The normalized spacial score (nSPS) is 15.8. The molecule has 0 aromatic carbocycles. The molecule has 107 heavy (non-hydrogen) atoms. The second-order valence-corrected chi connectivity index (χ2v) is 26.4. The highest BCUT2D eigenvalue weighted by atomic mass is 16.6. The van der Waals surface area contributed by atoms with Gasteiger partial charge in [0.05, 0.1) is 6.61 Å². The zero-order valence-corrected chi connectivity index (χ0v) is 62.4. The number of nitrogens with zero attached hydrogens (tertiary/aromatic N) is 12. The van der Waals surface area contributed by atoms with E-state index < -0.39 is 68.7 Å². The summed E-state index contributed by atoms with van der Waals surface area (Å²) in [5, 5.41) is 98.6. The molecule has 5 aromatic rings. The van der Waals surface area contributed by atoms with Crippen LogP contribution < -0.4 is 51.5 Å². The number of aromatic nitrogens is 5. The highest BCUT2D eigenvalue weighted by molar-refractivity contribution is 5.78. The first-order valence-corrected chi connectivity index (χ1v) is 35.1. The van der Waals surface area contributed by atoms with E-state index in [1.807, 2.05) is 45.8 Å². The monoisotopic (exact) mass is 1500 g/mol. The van der Waals surface area contributed by atoms with Gasteiger partial charge in [0.2, 0.25) is 28.7 Å². The number of hydrogen-bond acceptors (Lipinski definition) is 28. The van der Waals surface area contributed by atoms with Crippen molar-refractivity contribution >= 4 is 5.91 Å². The maximum absolute atomic E-state index is 12.0. The van der Waals surface area contributed by atoms with Crippen LogP contribution in [0.15, 0.2) is 145 Å². The molecule has 34 heteroatoms. The van der Waals surface area contributed by atoms with Crippen molar-refractivity contribution in [2.24, 2.45) is 47.1 Å². The van der Waals surface area contributed by atoms with Crippen LogP contribution in [0.25, 0.3) is 0 Å². The largest absolute Gasteiger partial charge is 0.508 e. The number of likely N-dealkylation sites (N-methyl/N-ethyl adjacent to an activating group) is 4. The van der Waals surface area contributed by atoms with Crippen molar-refractivity contribution in [3.8, 4) is 57.5 Å². The van der Waals surface area contributed by atoms with E-state index >= 15 is 0 Å². The fourth-order valence-corrected chi connectivity index (χ4v) is 10.8. The van der Waals surface area contributed by atoms with Gasteiger partial charge in [-0.2, -0.15) is 5.06 Å². The number of carbonyl (C=O) groups excluding carboxylic acids is 1. The van der Waals surface area contributed by atoms with Gasteiger partial charge in [-0.3, -0.25) is 43.8 Å². The second-order valence-electron chi connectivity index (χ2n) is 26.4. The number of hydroxylamine groups is 2. The lowest BCUT2D eigenvalue weighted by molar-refractivity contribution is -0.207. The van der Waals surface area contributed by atoms with E-state index in [0.29, 0.717) is 83.4 Å². The molecular formula is C73H106N12O22. The second kappa shape index (κ2) is 42.8. The van der Waals surface area contributed by atoms with Crippen LogP contribution in [0.2, 0.25) is 0 Å². The van der Waals surface area contributed by atoms with Crippen molar-refractivity contribution in [2.45, 2.75) is 38.3 Å². The summed E-state index contributed by atoms with van der Waals surface area (Å²) in [6, 6.07) is 7.59. The topological polar surface area (TPSA) is 407 Å². The fraction of sp³-hybridized carbons (Fsp3) is 0.507. The SMILES string of the molecule is CN(CCC1C=CC(O)=C(O)C1)CCN(C)CCC1C=CC(O)=C(O)C1.CN(CCOc1ccn(C)c(=O)c1O)CCN(CCOc1ccn(C)c(=O)c1O)CCOC1C=CCC(=O)N1O.CN(CCOc1ccn(C)c(=O)c1O)CCN(CCOc1ccn(C)c(=O)c1O)CCOc1ccn(C)c(=O)c1O. The molecule has 34 nitrogen and oxygen atoms in total. The van der Waals surface area contributed by atoms with Crippen LogP contribution in [0.5, 0.6) is 57.5 Å². The summed E-state index contributed by atoms with van der Waals surface area (Å²) in [7, 11) is 15.7. The third-order valence-corrected chi connectivity index (χ3v) is 18.0. The lowest BCUT2D eigenvalue weighted by Gasteiger charge is -2.29. The van der Waals surface area contributed by atoms with Crippen LogP contribution in [0.1, 0.15) is 32.1 Å². The van der Waals surface area contributed by atoms with Crippen molar-refractivity contribution in [3.63, 3.8) is 0 Å². The molecule has 590 valence electrons. The highest BCUT2D eigenvalue weighted by Crippen LogP contribution is 2.27. The number of allylic oxidation sites excluding steroid dienone is 6. The highest BCUT2D eigenvalue weighted by Gasteiger charge is 2.25. The van der Waals surface area contributed by atoms with Crippen molar-refractivity contribution in [1.82, 2.24) is 57.3 Å². The Morgan fingerprint density at radius 1 is 0.374 bits per heavy atom. The number of ether oxygens (including phenoxy) is 6. The van der Waals surface area contributed by atoms with Crippen molar-refractivity contribution in [1.29, 1.82) is 0 Å². The quantitative estimate of drug-likeness (QED) is 0.0200. The summed E-state index contributed by atoms with van der Waals surface area (Å²) >= 11 is 0. The number of pyridine rings is 5. The number of aryl methyl sites for hydroxylation is 5. The smallest absolute Gasteiger partial charge is 0.296 e. The summed E-state index contributed by atoms with van der Waals surface area (Å²) in [6.45, 7) is 10.2. The standard InChI is InChI=1S/C27H37N5O9.C26H37N5O9.C20H32N2O4/c1-28(13-16-39-19-5-8-29(2)25(36)22(19)33)11-12-32(14-17-40-20-6-9-30(3)26(37)23(20)34)15-18-41-21-7-10-31(4)27(38)24(21)35;1-27(13-16-38-19-7-9-28(2)25(35)23(19)33)11-12-30(15-18-40-22-6-4-5-21(32)31(22)37)14-17-39-20-8-10-29(3)26(36)24(20)34;1-21(9-7-15-3-5-17(23)19(25)13-15)11-12-22(2)10-8-16-4-6-18(24)20(26)14-16/h5-10,33-35H,11-18H2,1-4H3;4,6-10,22,33-34,37H,5,11-18H2,1-3H3;3-6,15-16,23-26H,7-14H2,1-2H3. The molecule has 2 aliphatic carbocycles. The Morgan fingerprint density at radius 3 is 0.963 bits per heavy atom. The zero-order chi connectivity index (χ0) is 78.4. The molecular weight excluding hydrogens is 1400 g/mol. The Morgan fingerprint density at radius 2 is 0.654 bits per heavy atom. The molecule has 3 atom stereocenters. The number of aliphatic hydroxyl groups is 4. The van der Waals surface area contributed by atoms with Gasteiger partial charge in [0.15, 0.2) is 46.5 Å². The van der Waals surface area contributed by atoms with E-state index in [9.17, 15) is 79.9 Å². The fourth-order valence-electron chi connectivity index (χ4n) is 10.8. The van der Waals surface area contributed by atoms with E-state index in [-0.39, 0.29) is 110 Å². The molecule has 6 heterocycles. The summed E-state index contributed by atoms with van der Waals surface area (Å²) < 4.78 is 40.0. The molecule has 0 bridgehead atoms. The van der Waals surface area contributed by atoms with E-state index in [1.54, 1.807) is 24.3 Å². The van der Waals surface area contributed by atoms with E-state index in [4.69, 9.17) is 28.4 Å². The average Bonchev–Trinajstić information content (AvgIpc) is 0.875. The van der Waals surface area contributed by atoms with Gasteiger partial charge in [-0.15, -0.1) is 0 Å². The van der Waals surface area contributed by atoms with E-state index in [1.165, 1.54) is 119 Å². The predicted octanol–water partition coefficient (Wildman–Crippen LogP) is 2.81. The molecule has 0 saturated carbocycles. The lowest BCUT2D eigenvalue weighted by Crippen LogP contribution is -2.43. The third kappa shape index (κ3) is 27.3. The number of amides is 1. The Hall–Kier alpha value is -10.2. The van der Waals surface area contributed by atoms with Crippen LogP contribution in [0.4, 0.5) is 0 Å². The summed E-state index contributed by atoms with van der Waals surface area (Å²) in [6.07, 6.45) is 20.1. The molecule has 0 radical (unpaired) electrons. The number of carbonyl (C=O) groups is 1. The lowest BCUT2D eigenvalue weighted by atomic mass is 9.95. The maximum Gasteiger partial charge on any atom is 0.296 e. The van der Waals surface area contributed by atoms with Gasteiger partial charge in [0.1, 0.15) is 44.6 Å². The molecule has 8 rings (SSSR count). The first-order chi connectivity index (χ1) is 50.9. The Kier molecular flexibility index (Phi) is 34.3. The summed E-state index contributed by atoms with van der Waals surface area (Å²) in [5.41, 5.74) is -2.75. The molecule has 3 aliphatic rings. The van der Waals surface area contributed by atoms with Gasteiger partial charge in [-0.25, -0.2) is 0 Å².